The molecule has 0 saturated carbocycles. The van der Waals surface area contributed by atoms with Gasteiger partial charge in [-0.3, -0.25) is 14.5 Å². The quantitative estimate of drug-likeness (QED) is 0.838. The summed E-state index contributed by atoms with van der Waals surface area (Å²) in [5.41, 5.74) is 1.57. The number of hydrogen-bond acceptors (Lipinski definition) is 3. The summed E-state index contributed by atoms with van der Waals surface area (Å²) in [6.07, 6.45) is 0. The number of halogens is 1. The Balaban J connectivity index is 2.49. The minimum Gasteiger partial charge on any atom is -0.350 e. The van der Waals surface area contributed by atoms with Gasteiger partial charge in [-0.25, -0.2) is 0 Å². The van der Waals surface area contributed by atoms with Gasteiger partial charge in [0.25, 0.3) is 0 Å². The van der Waals surface area contributed by atoms with Crippen LogP contribution in [0.5, 0.6) is 0 Å². The number of carbonyl (C=O) groups excluding carboxylic acids is 2. The smallest absolute Gasteiger partial charge is 0.238 e. The maximum atomic E-state index is 12.0. The van der Waals surface area contributed by atoms with E-state index in [1.165, 1.54) is 0 Å². The van der Waals surface area contributed by atoms with Crippen LogP contribution in [0.4, 0.5) is 5.69 Å². The van der Waals surface area contributed by atoms with Gasteiger partial charge < -0.3 is 10.6 Å². The van der Waals surface area contributed by atoms with E-state index in [1.807, 2.05) is 45.9 Å². The molecule has 0 aliphatic heterocycles. The molecule has 0 aliphatic rings. The molecule has 0 atom stereocenters. The van der Waals surface area contributed by atoms with Gasteiger partial charge in [-0.05, 0) is 68.4 Å². The van der Waals surface area contributed by atoms with Crippen LogP contribution in [0.1, 0.15) is 26.3 Å². The number of anilines is 1. The number of carbonyl (C=O) groups is 2. The molecule has 0 aliphatic carbocycles. The molecule has 22 heavy (non-hydrogen) atoms. The van der Waals surface area contributed by atoms with Crippen LogP contribution in [0.25, 0.3) is 0 Å². The predicted octanol–water partition coefficient (Wildman–Crippen LogP) is 2.54. The van der Waals surface area contributed by atoms with Crippen molar-refractivity contribution in [3.63, 3.8) is 0 Å². The lowest BCUT2D eigenvalue weighted by Crippen LogP contribution is -2.46. The highest BCUT2D eigenvalue weighted by Gasteiger charge is 2.16. The lowest BCUT2D eigenvalue weighted by molar-refractivity contribution is -0.124. The van der Waals surface area contributed by atoms with Crippen LogP contribution in [0, 0.1) is 6.92 Å². The maximum Gasteiger partial charge on any atom is 0.238 e. The van der Waals surface area contributed by atoms with Crippen molar-refractivity contribution in [1.82, 2.24) is 10.2 Å². The summed E-state index contributed by atoms with van der Waals surface area (Å²) in [5, 5.41) is 5.70. The van der Waals surface area contributed by atoms with E-state index in [-0.39, 0.29) is 30.4 Å². The molecule has 1 rings (SSSR count). The van der Waals surface area contributed by atoms with Gasteiger partial charge in [0.1, 0.15) is 0 Å². The Kier molecular flexibility index (Phi) is 6.56. The summed E-state index contributed by atoms with van der Waals surface area (Å²) in [5.74, 6) is -0.255. The number of nitrogens with zero attached hydrogens (tertiary/aromatic N) is 1. The zero-order valence-electron chi connectivity index (χ0n) is 13.8. The SMILES string of the molecule is Cc1ccc(NC(=O)CN(C)CC(=O)NC(C)(C)C)c(Br)c1. The summed E-state index contributed by atoms with van der Waals surface area (Å²) in [7, 11) is 1.74. The Morgan fingerprint density at radius 2 is 1.77 bits per heavy atom. The minimum atomic E-state index is -0.271. The first-order valence-electron chi connectivity index (χ1n) is 7.12. The third-order valence-corrected chi connectivity index (χ3v) is 3.40. The minimum absolute atomic E-state index is 0.0979. The van der Waals surface area contributed by atoms with E-state index in [2.05, 4.69) is 26.6 Å². The van der Waals surface area contributed by atoms with E-state index in [0.29, 0.717) is 0 Å². The highest BCUT2D eigenvalue weighted by Crippen LogP contribution is 2.23. The van der Waals surface area contributed by atoms with Crippen LogP contribution in [0.15, 0.2) is 22.7 Å². The van der Waals surface area contributed by atoms with Crippen LogP contribution in [-0.2, 0) is 9.59 Å². The van der Waals surface area contributed by atoms with Gasteiger partial charge >= 0.3 is 0 Å². The average Bonchev–Trinajstić information content (AvgIpc) is 2.29. The third-order valence-electron chi connectivity index (χ3n) is 2.74. The van der Waals surface area contributed by atoms with Gasteiger partial charge in [0, 0.05) is 10.0 Å². The standard InChI is InChI=1S/C16H24BrN3O2/c1-11-6-7-13(12(17)8-11)18-14(21)9-20(5)10-15(22)19-16(2,3)4/h6-8H,9-10H2,1-5H3,(H,18,21)(H,19,22). The number of amides is 2. The van der Waals surface area contributed by atoms with Crippen molar-refractivity contribution in [2.24, 2.45) is 0 Å². The molecule has 122 valence electrons. The summed E-state index contributed by atoms with van der Waals surface area (Å²) in [6, 6.07) is 5.72. The second kappa shape index (κ2) is 7.74. The molecule has 0 spiro atoms. The molecule has 0 saturated heterocycles. The number of likely N-dealkylation sites (N-methyl/N-ethyl adjacent to an activating group) is 1. The van der Waals surface area contributed by atoms with Crippen LogP contribution >= 0.6 is 15.9 Å². The Bertz CT molecular complexity index is 553. The first kappa shape index (κ1) is 18.6. The lowest BCUT2D eigenvalue weighted by Gasteiger charge is -2.23. The fourth-order valence-electron chi connectivity index (χ4n) is 1.92. The van der Waals surface area contributed by atoms with E-state index in [4.69, 9.17) is 0 Å². The van der Waals surface area contributed by atoms with Gasteiger partial charge in [-0.1, -0.05) is 6.07 Å². The average molecular weight is 370 g/mol. The molecule has 1 aromatic carbocycles. The number of aryl methyl sites for hydroxylation is 1. The van der Waals surface area contributed by atoms with Gasteiger partial charge in [-0.2, -0.15) is 0 Å². The predicted molar refractivity (Wildman–Crippen MR) is 92.9 cm³/mol. The van der Waals surface area contributed by atoms with Gasteiger partial charge in [0.15, 0.2) is 0 Å². The van der Waals surface area contributed by atoms with Crippen LogP contribution in [0.2, 0.25) is 0 Å². The number of rotatable bonds is 5. The van der Waals surface area contributed by atoms with E-state index < -0.39 is 0 Å². The molecule has 0 radical (unpaired) electrons. The molecular formula is C16H24BrN3O2. The van der Waals surface area contributed by atoms with Crippen molar-refractivity contribution < 1.29 is 9.59 Å². The Morgan fingerprint density at radius 1 is 1.18 bits per heavy atom. The number of nitrogens with one attached hydrogen (secondary N) is 2. The van der Waals surface area contributed by atoms with E-state index in [9.17, 15) is 9.59 Å². The molecular weight excluding hydrogens is 346 g/mol. The monoisotopic (exact) mass is 369 g/mol. The summed E-state index contributed by atoms with van der Waals surface area (Å²) in [4.78, 5) is 25.5. The zero-order valence-corrected chi connectivity index (χ0v) is 15.4. The maximum absolute atomic E-state index is 12.0. The topological polar surface area (TPSA) is 61.4 Å². The third kappa shape index (κ3) is 7.04. The molecule has 0 heterocycles. The van der Waals surface area contributed by atoms with Crippen molar-refractivity contribution in [3.8, 4) is 0 Å². The first-order chi connectivity index (χ1) is 10.1. The van der Waals surface area contributed by atoms with Crippen LogP contribution in [-0.4, -0.2) is 42.4 Å². The van der Waals surface area contributed by atoms with Crippen molar-refractivity contribution in [2.45, 2.75) is 33.2 Å². The summed E-state index contributed by atoms with van der Waals surface area (Å²) < 4.78 is 0.842. The van der Waals surface area contributed by atoms with Gasteiger partial charge in [-0.15, -0.1) is 0 Å². The normalized spacial score (nSPS) is 11.4. The van der Waals surface area contributed by atoms with Crippen LogP contribution < -0.4 is 10.6 Å². The number of benzene rings is 1. The fraction of sp³-hybridized carbons (Fsp3) is 0.500. The van der Waals surface area contributed by atoms with Gasteiger partial charge in [0.2, 0.25) is 11.8 Å². The molecule has 0 unspecified atom stereocenters. The van der Waals surface area contributed by atoms with Gasteiger partial charge in [0.05, 0.1) is 18.8 Å². The molecule has 5 nitrogen and oxygen atoms in total. The Labute approximate surface area is 140 Å². The lowest BCUT2D eigenvalue weighted by atomic mass is 10.1. The van der Waals surface area contributed by atoms with Crippen molar-refractivity contribution >= 4 is 33.4 Å². The fourth-order valence-corrected chi connectivity index (χ4v) is 2.51. The first-order valence-corrected chi connectivity index (χ1v) is 7.92. The number of hydrogen-bond donors (Lipinski definition) is 2. The molecule has 0 bridgehead atoms. The Morgan fingerprint density at radius 3 is 2.32 bits per heavy atom. The molecule has 2 amide bonds. The van der Waals surface area contributed by atoms with Crippen LogP contribution in [0.3, 0.4) is 0 Å². The largest absolute Gasteiger partial charge is 0.350 e. The molecule has 2 N–H and O–H groups in total. The van der Waals surface area contributed by atoms with Crippen molar-refractivity contribution in [1.29, 1.82) is 0 Å². The highest BCUT2D eigenvalue weighted by atomic mass is 79.9. The molecule has 0 aromatic heterocycles. The van der Waals surface area contributed by atoms with E-state index in [1.54, 1.807) is 11.9 Å². The molecule has 1 aromatic rings. The second-order valence-corrected chi connectivity index (χ2v) is 7.36. The second-order valence-electron chi connectivity index (χ2n) is 6.50. The zero-order chi connectivity index (χ0) is 16.9. The molecule has 0 fully saturated rings. The summed E-state index contributed by atoms with van der Waals surface area (Å²) >= 11 is 3.42. The van der Waals surface area contributed by atoms with E-state index >= 15 is 0 Å². The Hall–Kier alpha value is -1.40. The molecule has 6 heteroatoms. The summed E-state index contributed by atoms with van der Waals surface area (Å²) in [6.45, 7) is 8.08. The van der Waals surface area contributed by atoms with Crippen molar-refractivity contribution in [2.75, 3.05) is 25.5 Å². The van der Waals surface area contributed by atoms with Crippen molar-refractivity contribution in [3.05, 3.63) is 28.2 Å². The highest BCUT2D eigenvalue weighted by molar-refractivity contribution is 9.10. The van der Waals surface area contributed by atoms with E-state index in [0.717, 1.165) is 15.7 Å².